The van der Waals surface area contributed by atoms with E-state index in [1.54, 1.807) is 36.3 Å². The Morgan fingerprint density at radius 3 is 2.92 bits per heavy atom. The molecule has 1 aliphatic rings. The molecule has 2 aromatic rings. The van der Waals surface area contributed by atoms with Crippen LogP contribution in [0.15, 0.2) is 34.9 Å². The Morgan fingerprint density at radius 2 is 2.25 bits per heavy atom. The number of rotatable bonds is 6. The summed E-state index contributed by atoms with van der Waals surface area (Å²) in [6, 6.07) is 7.13. The molecule has 0 radical (unpaired) electrons. The van der Waals surface area contributed by atoms with Crippen molar-refractivity contribution in [3.05, 3.63) is 41.8 Å². The van der Waals surface area contributed by atoms with Crippen molar-refractivity contribution in [2.45, 2.75) is 13.3 Å². The molecule has 1 N–H and O–H groups in total. The first kappa shape index (κ1) is 16.0. The van der Waals surface area contributed by atoms with Crippen molar-refractivity contribution in [3.8, 4) is 11.5 Å². The Kier molecular flexibility index (Phi) is 4.79. The van der Waals surface area contributed by atoms with Crippen LogP contribution in [0.5, 0.6) is 0 Å². The first-order valence-electron chi connectivity index (χ1n) is 7.86. The van der Waals surface area contributed by atoms with Crippen LogP contribution in [0.2, 0.25) is 0 Å². The molecule has 0 spiro atoms. The van der Waals surface area contributed by atoms with Crippen molar-refractivity contribution in [2.24, 2.45) is 0 Å². The van der Waals surface area contributed by atoms with Gasteiger partial charge in [0.25, 0.3) is 5.91 Å². The predicted octanol–water partition coefficient (Wildman–Crippen LogP) is 2.22. The van der Waals surface area contributed by atoms with Gasteiger partial charge < -0.3 is 19.4 Å². The Morgan fingerprint density at radius 1 is 1.38 bits per heavy atom. The summed E-state index contributed by atoms with van der Waals surface area (Å²) in [5.41, 5.74) is 1.87. The maximum atomic E-state index is 12.2. The molecule has 7 heteroatoms. The van der Waals surface area contributed by atoms with Gasteiger partial charge >= 0.3 is 6.09 Å². The van der Waals surface area contributed by atoms with Crippen LogP contribution in [0.1, 0.15) is 22.5 Å². The van der Waals surface area contributed by atoms with E-state index in [2.05, 4.69) is 10.3 Å². The molecule has 0 aromatic carbocycles. The standard InChI is InChI=1S/C17H19N3O4/c1-12-13(5-6-14(19-12)15-4-2-10-23-15)16(21)18-7-3-8-20-9-11-24-17(20)22/h2,4-6,10H,3,7-9,11H2,1H3,(H,18,21). The number of cyclic esters (lactones) is 1. The van der Waals surface area contributed by atoms with Gasteiger partial charge in [-0.3, -0.25) is 4.79 Å². The summed E-state index contributed by atoms with van der Waals surface area (Å²) in [7, 11) is 0. The molecule has 0 unspecified atom stereocenters. The highest BCUT2D eigenvalue weighted by atomic mass is 16.6. The van der Waals surface area contributed by atoms with Crippen molar-refractivity contribution in [2.75, 3.05) is 26.2 Å². The van der Waals surface area contributed by atoms with Crippen LogP contribution >= 0.6 is 0 Å². The topological polar surface area (TPSA) is 84.7 Å². The van der Waals surface area contributed by atoms with E-state index in [0.29, 0.717) is 55.4 Å². The molecule has 2 aromatic heterocycles. The Bertz CT molecular complexity index is 727. The van der Waals surface area contributed by atoms with E-state index in [-0.39, 0.29) is 12.0 Å². The number of ether oxygens (including phenoxy) is 1. The maximum absolute atomic E-state index is 12.2. The van der Waals surface area contributed by atoms with Gasteiger partial charge in [-0.2, -0.15) is 0 Å². The smallest absolute Gasteiger partial charge is 0.409 e. The highest BCUT2D eigenvalue weighted by molar-refractivity contribution is 5.95. The lowest BCUT2D eigenvalue weighted by molar-refractivity contribution is 0.0951. The van der Waals surface area contributed by atoms with Crippen molar-refractivity contribution < 1.29 is 18.7 Å². The fraction of sp³-hybridized carbons (Fsp3) is 0.353. The van der Waals surface area contributed by atoms with Gasteiger partial charge in [-0.15, -0.1) is 0 Å². The van der Waals surface area contributed by atoms with Gasteiger partial charge in [0.2, 0.25) is 0 Å². The van der Waals surface area contributed by atoms with Crippen LogP contribution in [0.3, 0.4) is 0 Å². The Balaban J connectivity index is 1.52. The molecule has 0 saturated carbocycles. The number of hydrogen-bond donors (Lipinski definition) is 1. The molecule has 126 valence electrons. The second-order valence-corrected chi connectivity index (χ2v) is 5.52. The number of nitrogens with zero attached hydrogens (tertiary/aromatic N) is 2. The summed E-state index contributed by atoms with van der Waals surface area (Å²) in [5.74, 6) is 0.498. The summed E-state index contributed by atoms with van der Waals surface area (Å²) in [4.78, 5) is 29.6. The number of aromatic nitrogens is 1. The number of hydrogen-bond acceptors (Lipinski definition) is 5. The van der Waals surface area contributed by atoms with Crippen molar-refractivity contribution >= 4 is 12.0 Å². The molecule has 0 bridgehead atoms. The van der Waals surface area contributed by atoms with Gasteiger partial charge in [-0.25, -0.2) is 9.78 Å². The van der Waals surface area contributed by atoms with Gasteiger partial charge in [0, 0.05) is 13.1 Å². The SMILES string of the molecule is Cc1nc(-c2ccco2)ccc1C(=O)NCCCN1CCOC1=O. The quantitative estimate of drug-likeness (QED) is 0.822. The zero-order valence-corrected chi connectivity index (χ0v) is 13.4. The largest absolute Gasteiger partial charge is 0.463 e. The maximum Gasteiger partial charge on any atom is 0.409 e. The van der Waals surface area contributed by atoms with E-state index >= 15 is 0 Å². The van der Waals surface area contributed by atoms with Gasteiger partial charge in [0.15, 0.2) is 5.76 Å². The highest BCUT2D eigenvalue weighted by Gasteiger charge is 2.21. The number of amides is 2. The number of carbonyl (C=O) groups is 2. The average Bonchev–Trinajstić information content (AvgIpc) is 3.23. The van der Waals surface area contributed by atoms with Gasteiger partial charge in [-0.1, -0.05) is 0 Å². The molecule has 3 rings (SSSR count). The minimum absolute atomic E-state index is 0.171. The monoisotopic (exact) mass is 329 g/mol. The minimum atomic E-state index is -0.283. The summed E-state index contributed by atoms with van der Waals surface area (Å²) in [6.45, 7) is 3.92. The first-order valence-corrected chi connectivity index (χ1v) is 7.86. The second-order valence-electron chi connectivity index (χ2n) is 5.52. The average molecular weight is 329 g/mol. The van der Waals surface area contributed by atoms with E-state index < -0.39 is 0 Å². The van der Waals surface area contributed by atoms with Crippen molar-refractivity contribution in [1.82, 2.24) is 15.2 Å². The van der Waals surface area contributed by atoms with Gasteiger partial charge in [-0.05, 0) is 37.6 Å². The molecule has 1 fully saturated rings. The minimum Gasteiger partial charge on any atom is -0.463 e. The van der Waals surface area contributed by atoms with E-state index in [1.807, 2.05) is 6.07 Å². The molecule has 1 aliphatic heterocycles. The third-order valence-corrected chi connectivity index (χ3v) is 3.84. The van der Waals surface area contributed by atoms with Crippen LogP contribution < -0.4 is 5.32 Å². The summed E-state index contributed by atoms with van der Waals surface area (Å²) in [5, 5.41) is 2.85. The Hall–Kier alpha value is -2.83. The molecule has 1 saturated heterocycles. The molecule has 24 heavy (non-hydrogen) atoms. The zero-order chi connectivity index (χ0) is 16.9. The molecule has 0 atom stereocenters. The second kappa shape index (κ2) is 7.16. The number of aryl methyl sites for hydroxylation is 1. The number of nitrogens with one attached hydrogen (secondary N) is 1. The number of carbonyl (C=O) groups excluding carboxylic acids is 2. The van der Waals surface area contributed by atoms with E-state index in [1.165, 1.54) is 0 Å². The van der Waals surface area contributed by atoms with E-state index in [0.717, 1.165) is 0 Å². The molecule has 2 amide bonds. The summed E-state index contributed by atoms with van der Waals surface area (Å²) < 4.78 is 10.2. The van der Waals surface area contributed by atoms with Crippen LogP contribution in [-0.4, -0.2) is 48.1 Å². The zero-order valence-electron chi connectivity index (χ0n) is 13.4. The van der Waals surface area contributed by atoms with Gasteiger partial charge in [0.1, 0.15) is 12.3 Å². The summed E-state index contributed by atoms with van der Waals surface area (Å²) in [6.07, 6.45) is 1.98. The highest BCUT2D eigenvalue weighted by Crippen LogP contribution is 2.19. The number of pyridine rings is 1. The van der Waals surface area contributed by atoms with Crippen molar-refractivity contribution in [1.29, 1.82) is 0 Å². The fourth-order valence-electron chi connectivity index (χ4n) is 2.56. The van der Waals surface area contributed by atoms with Crippen LogP contribution in [0, 0.1) is 6.92 Å². The third-order valence-electron chi connectivity index (χ3n) is 3.84. The Labute approximate surface area is 139 Å². The van der Waals surface area contributed by atoms with E-state index in [4.69, 9.17) is 9.15 Å². The van der Waals surface area contributed by atoms with E-state index in [9.17, 15) is 9.59 Å². The molecular weight excluding hydrogens is 310 g/mol. The third kappa shape index (κ3) is 3.56. The lowest BCUT2D eigenvalue weighted by Gasteiger charge is -2.13. The first-order chi connectivity index (χ1) is 11.6. The normalized spacial score (nSPS) is 13.9. The lowest BCUT2D eigenvalue weighted by Crippen LogP contribution is -2.30. The molecule has 3 heterocycles. The number of furan rings is 1. The molecule has 7 nitrogen and oxygen atoms in total. The van der Waals surface area contributed by atoms with Crippen LogP contribution in [0.4, 0.5) is 4.79 Å². The van der Waals surface area contributed by atoms with Crippen LogP contribution in [-0.2, 0) is 4.74 Å². The molecule has 0 aliphatic carbocycles. The fourth-order valence-corrected chi connectivity index (χ4v) is 2.56. The predicted molar refractivity (Wildman–Crippen MR) is 86.5 cm³/mol. The summed E-state index contributed by atoms with van der Waals surface area (Å²) >= 11 is 0. The van der Waals surface area contributed by atoms with Crippen LogP contribution in [0.25, 0.3) is 11.5 Å². The van der Waals surface area contributed by atoms with Gasteiger partial charge in [0.05, 0.1) is 24.1 Å². The molecular formula is C17H19N3O4. The van der Waals surface area contributed by atoms with Crippen molar-refractivity contribution in [3.63, 3.8) is 0 Å². The lowest BCUT2D eigenvalue weighted by atomic mass is 10.1.